The summed E-state index contributed by atoms with van der Waals surface area (Å²) in [5.74, 6) is -0.293. The summed E-state index contributed by atoms with van der Waals surface area (Å²) < 4.78 is 15.7. The van der Waals surface area contributed by atoms with Gasteiger partial charge in [0.1, 0.15) is 11.5 Å². The van der Waals surface area contributed by atoms with Gasteiger partial charge in [0, 0.05) is 17.7 Å². The fourth-order valence-corrected chi connectivity index (χ4v) is 1.63. The van der Waals surface area contributed by atoms with Crippen LogP contribution in [0.2, 0.25) is 0 Å². The number of halogens is 2. The summed E-state index contributed by atoms with van der Waals surface area (Å²) in [5, 5.41) is 10.6. The van der Waals surface area contributed by atoms with Crippen LogP contribution >= 0.6 is 15.9 Å². The zero-order chi connectivity index (χ0) is 11.5. The Kier molecular flexibility index (Phi) is 3.19. The van der Waals surface area contributed by atoms with Crippen LogP contribution in [0.1, 0.15) is 5.69 Å². The monoisotopic (exact) mass is 284 g/mol. The molecule has 0 atom stereocenters. The van der Waals surface area contributed by atoms with Crippen LogP contribution in [0.3, 0.4) is 0 Å². The maximum Gasteiger partial charge on any atom is 0.147 e. The van der Waals surface area contributed by atoms with Crippen LogP contribution in [0.4, 0.5) is 10.1 Å². The van der Waals surface area contributed by atoms with Gasteiger partial charge in [-0.2, -0.15) is 0 Å². The Hall–Kier alpha value is -1.43. The Morgan fingerprint density at radius 2 is 2.31 bits per heavy atom. The minimum Gasteiger partial charge on any atom is -0.377 e. The van der Waals surface area contributed by atoms with Gasteiger partial charge in [-0.05, 0) is 18.2 Å². The summed E-state index contributed by atoms with van der Waals surface area (Å²) in [5.41, 5.74) is 1.22. The largest absolute Gasteiger partial charge is 0.377 e. The van der Waals surface area contributed by atoms with Crippen molar-refractivity contribution in [3.63, 3.8) is 0 Å². The van der Waals surface area contributed by atoms with Crippen LogP contribution in [0.5, 0.6) is 0 Å². The van der Waals surface area contributed by atoms with Gasteiger partial charge >= 0.3 is 0 Å². The second-order valence-electron chi connectivity index (χ2n) is 3.36. The van der Waals surface area contributed by atoms with Crippen LogP contribution < -0.4 is 5.32 Å². The van der Waals surface area contributed by atoms with Gasteiger partial charge in [0.2, 0.25) is 0 Å². The smallest absolute Gasteiger partial charge is 0.147 e. The third-order valence-corrected chi connectivity index (χ3v) is 2.53. The molecule has 0 unspecified atom stereocenters. The lowest BCUT2D eigenvalue weighted by atomic mass is 10.3. The fourth-order valence-electron chi connectivity index (χ4n) is 1.29. The summed E-state index contributed by atoms with van der Waals surface area (Å²) in [6.45, 7) is 0.451. The van der Waals surface area contributed by atoms with E-state index >= 15 is 0 Å². The minimum atomic E-state index is -0.293. The molecule has 84 valence electrons. The van der Waals surface area contributed by atoms with Gasteiger partial charge < -0.3 is 5.32 Å². The van der Waals surface area contributed by atoms with Crippen molar-refractivity contribution in [2.45, 2.75) is 6.54 Å². The maximum atomic E-state index is 13.4. The van der Waals surface area contributed by atoms with Crippen molar-refractivity contribution in [2.75, 3.05) is 5.32 Å². The van der Waals surface area contributed by atoms with Gasteiger partial charge in [-0.3, -0.25) is 4.68 Å². The van der Waals surface area contributed by atoms with E-state index in [0.29, 0.717) is 12.2 Å². The van der Waals surface area contributed by atoms with Crippen LogP contribution in [0.25, 0.3) is 0 Å². The van der Waals surface area contributed by atoms with Crippen LogP contribution in [-0.2, 0) is 13.6 Å². The highest BCUT2D eigenvalue weighted by atomic mass is 79.9. The Labute approximate surface area is 101 Å². The molecule has 0 bridgehead atoms. The van der Waals surface area contributed by atoms with E-state index in [4.69, 9.17) is 0 Å². The number of hydrogen-bond donors (Lipinski definition) is 1. The molecule has 1 aromatic heterocycles. The normalized spacial score (nSPS) is 10.4. The molecule has 0 aliphatic carbocycles. The summed E-state index contributed by atoms with van der Waals surface area (Å²) in [4.78, 5) is 0. The summed E-state index contributed by atoms with van der Waals surface area (Å²) in [7, 11) is 1.79. The number of rotatable bonds is 3. The number of hydrogen-bond acceptors (Lipinski definition) is 3. The number of aryl methyl sites for hydroxylation is 1. The molecular weight excluding hydrogens is 275 g/mol. The fraction of sp³-hybridized carbons (Fsp3) is 0.200. The van der Waals surface area contributed by atoms with Crippen molar-refractivity contribution in [3.8, 4) is 0 Å². The summed E-state index contributed by atoms with van der Waals surface area (Å²) in [6, 6.07) is 4.87. The molecule has 0 amide bonds. The van der Waals surface area contributed by atoms with Gasteiger partial charge in [0.05, 0.1) is 12.2 Å². The highest BCUT2D eigenvalue weighted by molar-refractivity contribution is 9.10. The van der Waals surface area contributed by atoms with Gasteiger partial charge in [-0.15, -0.1) is 5.10 Å². The first-order chi connectivity index (χ1) is 7.65. The van der Waals surface area contributed by atoms with Gasteiger partial charge in [0.25, 0.3) is 0 Å². The number of benzene rings is 1. The SMILES string of the molecule is Cn1cc(CNc2ccc(Br)cc2F)nn1. The van der Waals surface area contributed by atoms with E-state index in [1.54, 1.807) is 30.1 Å². The van der Waals surface area contributed by atoms with E-state index in [2.05, 4.69) is 31.6 Å². The average Bonchev–Trinajstić information content (AvgIpc) is 2.63. The molecule has 4 nitrogen and oxygen atoms in total. The Bertz CT molecular complexity index is 497. The van der Waals surface area contributed by atoms with Crippen LogP contribution in [-0.4, -0.2) is 15.0 Å². The van der Waals surface area contributed by atoms with Crippen molar-refractivity contribution in [2.24, 2.45) is 7.05 Å². The van der Waals surface area contributed by atoms with Gasteiger partial charge in [-0.1, -0.05) is 21.1 Å². The molecule has 0 radical (unpaired) electrons. The quantitative estimate of drug-likeness (QED) is 0.941. The molecule has 1 aromatic carbocycles. The first kappa shape index (κ1) is 11.1. The second kappa shape index (κ2) is 4.61. The lowest BCUT2D eigenvalue weighted by Gasteiger charge is -2.05. The molecule has 16 heavy (non-hydrogen) atoms. The number of aromatic nitrogens is 3. The Morgan fingerprint density at radius 3 is 2.94 bits per heavy atom. The van der Waals surface area contributed by atoms with E-state index in [0.717, 1.165) is 10.2 Å². The molecule has 0 spiro atoms. The molecule has 0 aliphatic rings. The predicted molar refractivity (Wildman–Crippen MR) is 62.4 cm³/mol. The van der Waals surface area contributed by atoms with Crippen LogP contribution in [0, 0.1) is 5.82 Å². The minimum absolute atomic E-state index is 0.293. The summed E-state index contributed by atoms with van der Waals surface area (Å²) >= 11 is 3.20. The van der Waals surface area contributed by atoms with E-state index in [-0.39, 0.29) is 5.82 Å². The maximum absolute atomic E-state index is 13.4. The molecule has 2 rings (SSSR count). The predicted octanol–water partition coefficient (Wildman–Crippen LogP) is 2.33. The van der Waals surface area contributed by atoms with Crippen molar-refractivity contribution in [3.05, 3.63) is 40.4 Å². The summed E-state index contributed by atoms with van der Waals surface area (Å²) in [6.07, 6.45) is 1.78. The highest BCUT2D eigenvalue weighted by Crippen LogP contribution is 2.19. The van der Waals surface area contributed by atoms with Crippen molar-refractivity contribution >= 4 is 21.6 Å². The molecule has 1 N–H and O–H groups in total. The second-order valence-corrected chi connectivity index (χ2v) is 4.28. The topological polar surface area (TPSA) is 42.7 Å². The molecular formula is C10H10BrFN4. The lowest BCUT2D eigenvalue weighted by molar-refractivity contribution is 0.629. The molecule has 2 aromatic rings. The first-order valence-electron chi connectivity index (χ1n) is 4.69. The standard InChI is InChI=1S/C10H10BrFN4/c1-16-6-8(14-15-16)5-13-10-3-2-7(11)4-9(10)12/h2-4,6,13H,5H2,1H3. The van der Waals surface area contributed by atoms with Crippen molar-refractivity contribution in [1.82, 2.24) is 15.0 Å². The molecule has 0 aliphatic heterocycles. The van der Waals surface area contributed by atoms with Crippen molar-refractivity contribution in [1.29, 1.82) is 0 Å². The number of nitrogens with one attached hydrogen (secondary N) is 1. The first-order valence-corrected chi connectivity index (χ1v) is 5.48. The number of anilines is 1. The van der Waals surface area contributed by atoms with Gasteiger partial charge in [-0.25, -0.2) is 4.39 Å². The third-order valence-electron chi connectivity index (χ3n) is 2.04. The lowest BCUT2D eigenvalue weighted by Crippen LogP contribution is -2.01. The Balaban J connectivity index is 2.04. The van der Waals surface area contributed by atoms with Crippen LogP contribution in [0.15, 0.2) is 28.9 Å². The van der Waals surface area contributed by atoms with E-state index in [1.165, 1.54) is 6.07 Å². The molecule has 0 fully saturated rings. The van der Waals surface area contributed by atoms with E-state index in [1.807, 2.05) is 0 Å². The third kappa shape index (κ3) is 2.57. The molecule has 0 saturated carbocycles. The molecule has 6 heteroatoms. The average molecular weight is 285 g/mol. The Morgan fingerprint density at radius 1 is 1.50 bits per heavy atom. The zero-order valence-corrected chi connectivity index (χ0v) is 10.2. The molecule has 1 heterocycles. The molecule has 0 saturated heterocycles. The van der Waals surface area contributed by atoms with E-state index < -0.39 is 0 Å². The number of nitrogens with zero attached hydrogens (tertiary/aromatic N) is 3. The zero-order valence-electron chi connectivity index (χ0n) is 8.61. The highest BCUT2D eigenvalue weighted by Gasteiger charge is 2.03. The van der Waals surface area contributed by atoms with Gasteiger partial charge in [0.15, 0.2) is 0 Å². The van der Waals surface area contributed by atoms with E-state index in [9.17, 15) is 4.39 Å². The van der Waals surface area contributed by atoms with Crippen molar-refractivity contribution < 1.29 is 4.39 Å².